The van der Waals surface area contributed by atoms with Crippen molar-refractivity contribution in [2.45, 2.75) is 45.9 Å². The minimum absolute atomic E-state index is 0.0843. The van der Waals surface area contributed by atoms with E-state index in [1.54, 1.807) is 25.8 Å². The number of amides is 1. The number of anilines is 1. The summed E-state index contributed by atoms with van der Waals surface area (Å²) in [4.78, 5) is 24.4. The van der Waals surface area contributed by atoms with Gasteiger partial charge in [0.2, 0.25) is 5.91 Å². The molecule has 1 aromatic carbocycles. The molecule has 0 saturated carbocycles. The van der Waals surface area contributed by atoms with Gasteiger partial charge in [-0.25, -0.2) is 9.50 Å². The average molecular weight is 477 g/mol. The molecule has 4 rings (SSSR count). The number of aromatic nitrogens is 4. The van der Waals surface area contributed by atoms with Crippen LogP contribution in [0.5, 0.6) is 5.75 Å². The van der Waals surface area contributed by atoms with Gasteiger partial charge in [0.15, 0.2) is 0 Å². The van der Waals surface area contributed by atoms with Crippen LogP contribution in [0.2, 0.25) is 0 Å². The first-order valence-corrected chi connectivity index (χ1v) is 11.1. The van der Waals surface area contributed by atoms with Crippen molar-refractivity contribution >= 4 is 17.4 Å². The van der Waals surface area contributed by atoms with Crippen LogP contribution in [-0.2, 0) is 17.4 Å². The third kappa shape index (κ3) is 4.64. The molecule has 0 spiro atoms. The number of ether oxygens (including phenoxy) is 1. The van der Waals surface area contributed by atoms with Gasteiger partial charge in [0.1, 0.15) is 11.9 Å². The van der Waals surface area contributed by atoms with Crippen LogP contribution in [0.15, 0.2) is 24.3 Å². The number of carbonyl (C=O) groups excluding carboxylic acids is 1. The van der Waals surface area contributed by atoms with E-state index in [1.165, 1.54) is 0 Å². The fourth-order valence-corrected chi connectivity index (χ4v) is 4.29. The van der Waals surface area contributed by atoms with Gasteiger partial charge < -0.3 is 14.5 Å². The molecule has 11 heteroatoms. The van der Waals surface area contributed by atoms with Crippen molar-refractivity contribution in [3.63, 3.8) is 0 Å². The van der Waals surface area contributed by atoms with Gasteiger partial charge in [-0.05, 0) is 44.9 Å². The third-order valence-electron chi connectivity index (χ3n) is 6.10. The first-order chi connectivity index (χ1) is 16.1. The predicted octanol–water partition coefficient (Wildman–Crippen LogP) is 3.44. The number of hydrogen-bond donors (Lipinski definition) is 0. The standard InChI is InChI=1S/C23H27F3N6O2/c1-5-31-13-16(34-19-9-7-6-8-18(19)31)12-30(4)20(33)11-10-17-14(2)27-22-28-21(23(24,25)26)29-32(22)15(17)3/h6-9,16H,5,10-13H2,1-4H3. The molecule has 0 aliphatic carbocycles. The second-order valence-electron chi connectivity index (χ2n) is 8.43. The molecule has 1 aliphatic rings. The monoisotopic (exact) mass is 476 g/mol. The number of fused-ring (bicyclic) bond motifs is 2. The number of halogens is 3. The maximum atomic E-state index is 13.0. The molecule has 0 N–H and O–H groups in total. The summed E-state index contributed by atoms with van der Waals surface area (Å²) in [5, 5.41) is 3.56. The van der Waals surface area contributed by atoms with E-state index in [1.807, 2.05) is 24.3 Å². The van der Waals surface area contributed by atoms with Crippen molar-refractivity contribution in [1.82, 2.24) is 24.5 Å². The van der Waals surface area contributed by atoms with Crippen molar-refractivity contribution in [2.24, 2.45) is 0 Å². The van der Waals surface area contributed by atoms with Gasteiger partial charge in [-0.15, -0.1) is 5.10 Å². The van der Waals surface area contributed by atoms with E-state index in [0.717, 1.165) is 22.5 Å². The molecule has 1 amide bonds. The SMILES string of the molecule is CCN1CC(CN(C)C(=O)CCc2c(C)nc3nc(C(F)(F)F)nn3c2C)Oc2ccccc21. The topological polar surface area (TPSA) is 75.9 Å². The number of nitrogens with zero attached hydrogens (tertiary/aromatic N) is 6. The summed E-state index contributed by atoms with van der Waals surface area (Å²) in [5.74, 6) is -0.618. The smallest absolute Gasteiger partial charge is 0.453 e. The molecule has 0 radical (unpaired) electrons. The molecule has 3 heterocycles. The summed E-state index contributed by atoms with van der Waals surface area (Å²) < 4.78 is 46.2. The summed E-state index contributed by atoms with van der Waals surface area (Å²) in [6, 6.07) is 7.84. The summed E-state index contributed by atoms with van der Waals surface area (Å²) >= 11 is 0. The van der Waals surface area contributed by atoms with E-state index in [0.29, 0.717) is 36.5 Å². The molecule has 3 aromatic rings. The first-order valence-electron chi connectivity index (χ1n) is 11.1. The molecular weight excluding hydrogens is 449 g/mol. The molecular formula is C23H27F3N6O2. The Hall–Kier alpha value is -3.37. The highest BCUT2D eigenvalue weighted by Crippen LogP contribution is 2.33. The van der Waals surface area contributed by atoms with Crippen LogP contribution < -0.4 is 9.64 Å². The molecule has 8 nitrogen and oxygen atoms in total. The lowest BCUT2D eigenvalue weighted by molar-refractivity contribution is -0.144. The number of hydrogen-bond acceptors (Lipinski definition) is 6. The molecule has 0 fully saturated rings. The van der Waals surface area contributed by atoms with E-state index >= 15 is 0 Å². The highest BCUT2D eigenvalue weighted by molar-refractivity contribution is 5.76. The predicted molar refractivity (Wildman–Crippen MR) is 120 cm³/mol. The minimum Gasteiger partial charge on any atom is -0.485 e. The number of alkyl halides is 3. The van der Waals surface area contributed by atoms with Crippen molar-refractivity contribution in [2.75, 3.05) is 31.6 Å². The van der Waals surface area contributed by atoms with Crippen molar-refractivity contribution in [3.05, 3.63) is 47.0 Å². The van der Waals surface area contributed by atoms with Gasteiger partial charge in [0, 0.05) is 31.4 Å². The van der Waals surface area contributed by atoms with Crippen LogP contribution in [0.25, 0.3) is 5.78 Å². The zero-order chi connectivity index (χ0) is 24.6. The van der Waals surface area contributed by atoms with E-state index in [9.17, 15) is 18.0 Å². The lowest BCUT2D eigenvalue weighted by Crippen LogP contribution is -2.46. The lowest BCUT2D eigenvalue weighted by atomic mass is 10.1. The minimum atomic E-state index is -4.65. The molecule has 0 saturated heterocycles. The number of rotatable bonds is 6. The van der Waals surface area contributed by atoms with Gasteiger partial charge in [0.25, 0.3) is 11.6 Å². The molecule has 1 unspecified atom stereocenters. The van der Waals surface area contributed by atoms with Crippen molar-refractivity contribution in [1.29, 1.82) is 0 Å². The Labute approximate surface area is 195 Å². The Kier molecular flexibility index (Phi) is 6.37. The Morgan fingerprint density at radius 2 is 1.97 bits per heavy atom. The Morgan fingerprint density at radius 1 is 1.24 bits per heavy atom. The van der Waals surface area contributed by atoms with Gasteiger partial charge in [-0.1, -0.05) is 12.1 Å². The highest BCUT2D eigenvalue weighted by Gasteiger charge is 2.37. The van der Waals surface area contributed by atoms with Crippen LogP contribution in [0.4, 0.5) is 18.9 Å². The number of para-hydroxylation sites is 2. The lowest BCUT2D eigenvalue weighted by Gasteiger charge is -2.37. The second-order valence-corrected chi connectivity index (χ2v) is 8.43. The third-order valence-corrected chi connectivity index (χ3v) is 6.10. The molecule has 2 aromatic heterocycles. The molecule has 182 valence electrons. The van der Waals surface area contributed by atoms with Gasteiger partial charge in [-0.3, -0.25) is 4.79 Å². The average Bonchev–Trinajstić information content (AvgIpc) is 3.23. The van der Waals surface area contributed by atoms with E-state index < -0.39 is 12.0 Å². The highest BCUT2D eigenvalue weighted by atomic mass is 19.4. The molecule has 1 aliphatic heterocycles. The zero-order valence-corrected chi connectivity index (χ0v) is 19.6. The summed E-state index contributed by atoms with van der Waals surface area (Å²) in [7, 11) is 1.73. The van der Waals surface area contributed by atoms with Crippen LogP contribution in [0.1, 0.15) is 36.1 Å². The Balaban J connectivity index is 1.42. The van der Waals surface area contributed by atoms with Crippen LogP contribution >= 0.6 is 0 Å². The maximum absolute atomic E-state index is 13.0. The number of aryl methyl sites for hydroxylation is 2. The molecule has 34 heavy (non-hydrogen) atoms. The Morgan fingerprint density at radius 3 is 2.68 bits per heavy atom. The second kappa shape index (κ2) is 9.11. The first kappa shape index (κ1) is 23.8. The van der Waals surface area contributed by atoms with Crippen LogP contribution in [-0.4, -0.2) is 63.2 Å². The fraction of sp³-hybridized carbons (Fsp3) is 0.478. The van der Waals surface area contributed by atoms with Gasteiger partial charge in [-0.2, -0.15) is 18.2 Å². The van der Waals surface area contributed by atoms with Crippen molar-refractivity contribution < 1.29 is 22.7 Å². The van der Waals surface area contributed by atoms with E-state index in [4.69, 9.17) is 4.74 Å². The molecule has 0 bridgehead atoms. The van der Waals surface area contributed by atoms with Crippen LogP contribution in [0.3, 0.4) is 0 Å². The van der Waals surface area contributed by atoms with Crippen molar-refractivity contribution in [3.8, 4) is 5.75 Å². The quantitative estimate of drug-likeness (QED) is 0.543. The largest absolute Gasteiger partial charge is 0.485 e. The normalized spacial score (nSPS) is 15.9. The summed E-state index contributed by atoms with van der Waals surface area (Å²) in [6.07, 6.45) is -4.30. The fourth-order valence-electron chi connectivity index (χ4n) is 4.29. The number of likely N-dealkylation sites (N-methyl/N-ethyl adjacent to an activating group) is 2. The maximum Gasteiger partial charge on any atom is 0.453 e. The molecule has 1 atom stereocenters. The Bertz CT molecular complexity index is 1210. The van der Waals surface area contributed by atoms with E-state index in [2.05, 4.69) is 26.9 Å². The zero-order valence-electron chi connectivity index (χ0n) is 19.6. The van der Waals surface area contributed by atoms with Gasteiger partial charge >= 0.3 is 6.18 Å². The summed E-state index contributed by atoms with van der Waals surface area (Å²) in [6.45, 7) is 7.38. The number of carbonyl (C=O) groups is 1. The van der Waals surface area contributed by atoms with Crippen LogP contribution in [0, 0.1) is 13.8 Å². The summed E-state index contributed by atoms with van der Waals surface area (Å²) in [5.41, 5.74) is 2.76. The van der Waals surface area contributed by atoms with Gasteiger partial charge in [0.05, 0.1) is 18.8 Å². The van der Waals surface area contributed by atoms with E-state index in [-0.39, 0.29) is 24.2 Å². The number of benzene rings is 1.